The van der Waals surface area contributed by atoms with Gasteiger partial charge in [-0.25, -0.2) is 9.78 Å². The average Bonchev–Trinajstić information content (AvgIpc) is 2.34. The molecule has 1 heterocycles. The molecule has 0 aromatic carbocycles. The number of nitrogens with zero attached hydrogens (tertiary/aromatic N) is 3. The van der Waals surface area contributed by atoms with Crippen LogP contribution in [0.3, 0.4) is 0 Å². The molecule has 0 amide bonds. The first-order chi connectivity index (χ1) is 8.92. The van der Waals surface area contributed by atoms with Crippen LogP contribution in [0.25, 0.3) is 5.53 Å². The Hall–Kier alpha value is -1.85. The summed E-state index contributed by atoms with van der Waals surface area (Å²) in [4.78, 5) is 30.4. The van der Waals surface area contributed by atoms with Gasteiger partial charge in [-0.05, 0) is 48.3 Å². The van der Waals surface area contributed by atoms with Crippen molar-refractivity contribution in [3.05, 3.63) is 33.0 Å². The molecule has 0 aliphatic rings. The van der Waals surface area contributed by atoms with E-state index >= 15 is 0 Å². The van der Waals surface area contributed by atoms with Crippen LogP contribution in [0.15, 0.2) is 10.5 Å². The number of aryl methyl sites for hydroxylation is 2. The van der Waals surface area contributed by atoms with E-state index in [-0.39, 0.29) is 12.3 Å². The van der Waals surface area contributed by atoms with Crippen LogP contribution < -0.4 is 0 Å². The maximum atomic E-state index is 12.1. The zero-order chi connectivity index (χ0) is 14.6. The normalized spacial score (nSPS) is 9.68. The van der Waals surface area contributed by atoms with Gasteiger partial charge in [0.2, 0.25) is 0 Å². The molecular weight excluding hydrogens is 314 g/mol. The van der Waals surface area contributed by atoms with E-state index in [1.807, 2.05) is 6.92 Å². The first-order valence-corrected chi connectivity index (χ1v) is 6.29. The average molecular weight is 326 g/mol. The Morgan fingerprint density at radius 1 is 1.47 bits per heavy atom. The lowest BCUT2D eigenvalue weighted by Gasteiger charge is -2.04. The van der Waals surface area contributed by atoms with Crippen molar-refractivity contribution in [2.24, 2.45) is 0 Å². The van der Waals surface area contributed by atoms with Gasteiger partial charge in [0.05, 0.1) is 6.61 Å². The third-order valence-electron chi connectivity index (χ3n) is 2.42. The number of aromatic nitrogens is 1. The number of hydrogen-bond donors (Lipinski definition) is 0. The Bertz CT molecular complexity index is 592. The quantitative estimate of drug-likeness (QED) is 0.211. The Labute approximate surface area is 118 Å². The first-order valence-electron chi connectivity index (χ1n) is 5.50. The zero-order valence-corrected chi connectivity index (χ0v) is 12.3. The van der Waals surface area contributed by atoms with Crippen LogP contribution in [0.1, 0.15) is 28.7 Å². The molecule has 0 atom stereocenters. The van der Waals surface area contributed by atoms with E-state index in [0.717, 1.165) is 5.56 Å². The number of halogens is 1. The summed E-state index contributed by atoms with van der Waals surface area (Å²) in [6.45, 7) is 5.24. The van der Waals surface area contributed by atoms with Crippen molar-refractivity contribution in [1.29, 1.82) is 0 Å². The van der Waals surface area contributed by atoms with E-state index in [2.05, 4.69) is 30.4 Å². The predicted molar refractivity (Wildman–Crippen MR) is 71.0 cm³/mol. The van der Waals surface area contributed by atoms with E-state index in [1.54, 1.807) is 19.9 Å². The fraction of sp³-hybridized carbons (Fsp3) is 0.333. The standard InChI is InChI=1S/C12H12BrN3O3/c1-4-19-12(18)10(16-14)11(17)9-8(13)5-6(2)7(3)15-9/h5H,4H2,1-3H3. The third-order valence-corrected chi connectivity index (χ3v) is 3.02. The maximum Gasteiger partial charge on any atom is 0.448 e. The minimum absolute atomic E-state index is 0.00366. The molecule has 0 bridgehead atoms. The molecule has 1 aromatic heterocycles. The second-order valence-corrected chi connectivity index (χ2v) is 4.57. The second-order valence-electron chi connectivity index (χ2n) is 3.72. The number of hydrogen-bond acceptors (Lipinski definition) is 4. The summed E-state index contributed by atoms with van der Waals surface area (Å²) in [5.74, 6) is -1.78. The molecule has 0 N–H and O–H groups in total. The molecule has 0 fully saturated rings. The predicted octanol–water partition coefficient (Wildman–Crippen LogP) is 1.88. The van der Waals surface area contributed by atoms with Crippen LogP contribution in [0.4, 0.5) is 0 Å². The zero-order valence-electron chi connectivity index (χ0n) is 10.7. The highest BCUT2D eigenvalue weighted by atomic mass is 79.9. The smallest absolute Gasteiger partial charge is 0.448 e. The number of ketones is 1. The third kappa shape index (κ3) is 3.33. The SMILES string of the molecule is CCOC(=O)C(=[N+]=[N-])C(=O)c1nc(C)c(C)cc1Br. The van der Waals surface area contributed by atoms with Crippen LogP contribution in [-0.2, 0) is 9.53 Å². The van der Waals surface area contributed by atoms with Crippen molar-refractivity contribution in [1.82, 2.24) is 4.98 Å². The van der Waals surface area contributed by atoms with Crippen molar-refractivity contribution in [2.75, 3.05) is 6.61 Å². The lowest BCUT2D eigenvalue weighted by molar-refractivity contribution is -0.139. The fourth-order valence-corrected chi connectivity index (χ4v) is 1.93. The Morgan fingerprint density at radius 2 is 2.11 bits per heavy atom. The summed E-state index contributed by atoms with van der Waals surface area (Å²) < 4.78 is 5.06. The van der Waals surface area contributed by atoms with Gasteiger partial charge in [-0.3, -0.25) is 4.79 Å². The maximum absolute atomic E-state index is 12.1. The van der Waals surface area contributed by atoms with Crippen molar-refractivity contribution in [2.45, 2.75) is 20.8 Å². The highest BCUT2D eigenvalue weighted by Gasteiger charge is 2.34. The number of pyridine rings is 1. The summed E-state index contributed by atoms with van der Waals surface area (Å²) in [6.07, 6.45) is 0. The van der Waals surface area contributed by atoms with Gasteiger partial charge in [-0.15, -0.1) is 0 Å². The summed E-state index contributed by atoms with van der Waals surface area (Å²) in [7, 11) is 0. The number of esters is 1. The van der Waals surface area contributed by atoms with Gasteiger partial charge in [-0.1, -0.05) is 0 Å². The minimum atomic E-state index is -0.984. The van der Waals surface area contributed by atoms with Gasteiger partial charge in [0.25, 0.3) is 0 Å². The molecule has 7 heteroatoms. The van der Waals surface area contributed by atoms with Gasteiger partial charge in [0.1, 0.15) is 5.69 Å². The molecule has 0 saturated heterocycles. The molecule has 1 rings (SSSR count). The second kappa shape index (κ2) is 6.36. The van der Waals surface area contributed by atoms with Crippen molar-refractivity contribution < 1.29 is 19.1 Å². The van der Waals surface area contributed by atoms with Gasteiger partial charge in [0, 0.05) is 10.2 Å². The number of Topliss-reactive ketones (excluding diaryl/α,β-unsaturated/α-hetero) is 1. The molecule has 0 saturated carbocycles. The summed E-state index contributed by atoms with van der Waals surface area (Å²) in [5.41, 5.74) is 9.64. The largest absolute Gasteiger partial charge is 0.457 e. The minimum Gasteiger partial charge on any atom is -0.457 e. The molecule has 100 valence electrons. The van der Waals surface area contributed by atoms with Crippen LogP contribution in [0.5, 0.6) is 0 Å². The van der Waals surface area contributed by atoms with E-state index < -0.39 is 17.5 Å². The van der Waals surface area contributed by atoms with Crippen LogP contribution >= 0.6 is 15.9 Å². The molecule has 0 spiro atoms. The number of carbonyl (C=O) groups excluding carboxylic acids is 2. The van der Waals surface area contributed by atoms with E-state index in [1.165, 1.54) is 0 Å². The highest BCUT2D eigenvalue weighted by molar-refractivity contribution is 9.10. The van der Waals surface area contributed by atoms with Crippen LogP contribution in [-0.4, -0.2) is 33.8 Å². The van der Waals surface area contributed by atoms with Crippen LogP contribution in [0, 0.1) is 13.8 Å². The monoisotopic (exact) mass is 325 g/mol. The number of carbonyl (C=O) groups is 2. The molecule has 0 aliphatic carbocycles. The summed E-state index contributed by atoms with van der Waals surface area (Å²) >= 11 is 3.20. The molecular formula is C12H12BrN3O3. The lowest BCUT2D eigenvalue weighted by Crippen LogP contribution is -2.28. The van der Waals surface area contributed by atoms with Crippen molar-refractivity contribution >= 4 is 33.4 Å². The molecule has 1 aromatic rings. The topological polar surface area (TPSA) is 92.7 Å². The molecule has 0 unspecified atom stereocenters. The van der Waals surface area contributed by atoms with E-state index in [9.17, 15) is 9.59 Å². The lowest BCUT2D eigenvalue weighted by atomic mass is 10.1. The van der Waals surface area contributed by atoms with Crippen LogP contribution in [0.2, 0.25) is 0 Å². The van der Waals surface area contributed by atoms with Crippen molar-refractivity contribution in [3.8, 4) is 0 Å². The molecule has 19 heavy (non-hydrogen) atoms. The number of rotatable bonds is 4. The number of ether oxygens (including phenoxy) is 1. The van der Waals surface area contributed by atoms with Gasteiger partial charge in [0.15, 0.2) is 0 Å². The summed E-state index contributed by atoms with van der Waals surface area (Å²) in [5, 5.41) is 0. The Kier molecular flexibility index (Phi) is 5.09. The Morgan fingerprint density at radius 3 is 2.63 bits per heavy atom. The first kappa shape index (κ1) is 15.2. The van der Waals surface area contributed by atoms with E-state index in [4.69, 9.17) is 5.53 Å². The Balaban J connectivity index is 3.23. The highest BCUT2D eigenvalue weighted by Crippen LogP contribution is 2.19. The van der Waals surface area contributed by atoms with E-state index in [0.29, 0.717) is 10.2 Å². The van der Waals surface area contributed by atoms with Gasteiger partial charge in [-0.2, -0.15) is 4.79 Å². The summed E-state index contributed by atoms with van der Waals surface area (Å²) in [6, 6.07) is 1.70. The van der Waals surface area contributed by atoms with Crippen molar-refractivity contribution in [3.63, 3.8) is 0 Å². The molecule has 0 radical (unpaired) electrons. The van der Waals surface area contributed by atoms with Gasteiger partial charge >= 0.3 is 17.5 Å². The fourth-order valence-electron chi connectivity index (χ4n) is 1.32. The molecule has 6 nitrogen and oxygen atoms in total. The molecule has 0 aliphatic heterocycles. The van der Waals surface area contributed by atoms with Gasteiger partial charge < -0.3 is 10.3 Å².